The molecule has 31 heavy (non-hydrogen) atoms. The number of hydrogen-bond donors (Lipinski definition) is 1. The van der Waals surface area contributed by atoms with Crippen LogP contribution in [0.3, 0.4) is 0 Å². The second-order valence-corrected chi connectivity index (χ2v) is 7.09. The molecule has 0 radical (unpaired) electrons. The number of carboxylic acids is 1. The van der Waals surface area contributed by atoms with Crippen LogP contribution in [0.1, 0.15) is 45.3 Å². The van der Waals surface area contributed by atoms with Crippen LogP contribution in [0.4, 0.5) is 4.39 Å². The first-order valence-electron chi connectivity index (χ1n) is 11.2. The Morgan fingerprint density at radius 2 is 2.00 bits per heavy atom. The number of ether oxygens (including phenoxy) is 1. The Morgan fingerprint density at radius 1 is 1.13 bits per heavy atom. The topological polar surface area (TPSA) is 75.8 Å². The number of pyridine rings is 1. The van der Waals surface area contributed by atoms with Gasteiger partial charge in [-0.3, -0.25) is 9.69 Å². The molecule has 3 aromatic rings. The lowest BCUT2D eigenvalue weighted by molar-refractivity contribution is -0.137. The molecule has 0 saturated carbocycles. The Kier molecular flexibility index (Phi) is 7.56. The number of rotatable bonds is 13. The van der Waals surface area contributed by atoms with Crippen LogP contribution >= 0.6 is 0 Å². The van der Waals surface area contributed by atoms with E-state index in [1.165, 1.54) is 18.5 Å². The molecule has 0 saturated heterocycles. The molecule has 1 aromatic carbocycles. The highest BCUT2D eigenvalue weighted by Gasteiger charge is 2.13. The first-order chi connectivity index (χ1) is 15.9. The van der Waals surface area contributed by atoms with Crippen molar-refractivity contribution in [2.24, 2.45) is 0 Å². The number of halogens is 1. The van der Waals surface area contributed by atoms with Crippen molar-refractivity contribution in [2.45, 2.75) is 45.3 Å². The zero-order valence-corrected chi connectivity index (χ0v) is 17.2. The second-order valence-electron chi connectivity index (χ2n) is 7.09. The third kappa shape index (κ3) is 7.86. The lowest BCUT2D eigenvalue weighted by Crippen LogP contribution is -2.22. The summed E-state index contributed by atoms with van der Waals surface area (Å²) in [4.78, 5) is 15.9. The summed E-state index contributed by atoms with van der Waals surface area (Å²) < 4.78 is 42.0. The molecule has 1 N–H and O–H groups in total. The van der Waals surface area contributed by atoms with E-state index in [0.29, 0.717) is 24.3 Å². The van der Waals surface area contributed by atoms with Crippen molar-refractivity contribution in [3.8, 4) is 5.75 Å². The van der Waals surface area contributed by atoms with Gasteiger partial charge in [-0.2, -0.15) is 4.39 Å². The number of furan rings is 1. The number of unbranched alkanes of at least 4 members (excludes halogenated alkanes) is 2. The molecule has 0 spiro atoms. The smallest absolute Gasteiger partial charge is 0.303 e. The Bertz CT molecular complexity index is 1010. The van der Waals surface area contributed by atoms with Gasteiger partial charge >= 0.3 is 5.97 Å². The highest BCUT2D eigenvalue weighted by atomic mass is 19.1. The van der Waals surface area contributed by atoms with Gasteiger partial charge in [0.15, 0.2) is 0 Å². The molecule has 0 amide bonds. The standard InChI is InChI=1S/C24H27FN2O4/c25-23-12-11-19(15-26-23)16-27(18-21-8-6-14-30-21)17-20-7-3-4-9-22(20)31-13-5-1-2-10-24(28)29/h3-4,6-9,11-12,14-15H,1-2,5,10,13,16-18H2,(H,28,29)/i18D2. The van der Waals surface area contributed by atoms with Crippen molar-refractivity contribution < 1.29 is 26.2 Å². The number of hydrogen-bond acceptors (Lipinski definition) is 5. The molecule has 0 aliphatic rings. The Hall–Kier alpha value is -3.19. The maximum absolute atomic E-state index is 13.3. The zero-order chi connectivity index (χ0) is 23.7. The van der Waals surface area contributed by atoms with Crippen molar-refractivity contribution in [1.82, 2.24) is 9.88 Å². The third-order valence-electron chi connectivity index (χ3n) is 4.58. The summed E-state index contributed by atoms with van der Waals surface area (Å²) in [6.45, 7) is -1.13. The van der Waals surface area contributed by atoms with Crippen LogP contribution in [-0.2, 0) is 24.4 Å². The van der Waals surface area contributed by atoms with Gasteiger partial charge in [-0.05, 0) is 49.1 Å². The van der Waals surface area contributed by atoms with E-state index in [2.05, 4.69) is 4.98 Å². The molecule has 0 atom stereocenters. The van der Waals surface area contributed by atoms with Crippen LogP contribution in [0.15, 0.2) is 65.4 Å². The van der Waals surface area contributed by atoms with E-state index in [0.717, 1.165) is 18.4 Å². The number of benzene rings is 1. The minimum atomic E-state index is -1.94. The van der Waals surface area contributed by atoms with Gasteiger partial charge in [0.25, 0.3) is 0 Å². The second kappa shape index (κ2) is 11.9. The summed E-state index contributed by atoms with van der Waals surface area (Å²) in [6, 6.07) is 13.4. The summed E-state index contributed by atoms with van der Waals surface area (Å²) >= 11 is 0. The summed E-state index contributed by atoms with van der Waals surface area (Å²) in [6.07, 6.45) is 5.03. The summed E-state index contributed by atoms with van der Waals surface area (Å²) in [5.41, 5.74) is 1.44. The van der Waals surface area contributed by atoms with E-state index in [-0.39, 0.29) is 25.3 Å². The molecule has 3 rings (SSSR count). The average molecular weight is 429 g/mol. The average Bonchev–Trinajstić information content (AvgIpc) is 3.34. The molecule has 7 heteroatoms. The SMILES string of the molecule is [2H]C([2H])(c1ccco1)N(Cc1ccc(F)nc1)Cc1ccccc1OCCCCCC(=O)O. The van der Waals surface area contributed by atoms with E-state index < -0.39 is 18.4 Å². The summed E-state index contributed by atoms with van der Waals surface area (Å²) in [5, 5.41) is 8.73. The van der Waals surface area contributed by atoms with Crippen LogP contribution in [0.25, 0.3) is 0 Å². The van der Waals surface area contributed by atoms with Gasteiger partial charge in [0.2, 0.25) is 5.95 Å². The largest absolute Gasteiger partial charge is 0.493 e. The van der Waals surface area contributed by atoms with Crippen molar-refractivity contribution >= 4 is 5.97 Å². The Morgan fingerprint density at radius 3 is 2.74 bits per heavy atom. The summed E-state index contributed by atoms with van der Waals surface area (Å²) in [5.74, 6) is -0.604. The fraction of sp³-hybridized carbons (Fsp3) is 0.333. The Balaban J connectivity index is 1.74. The van der Waals surface area contributed by atoms with Gasteiger partial charge in [-0.25, -0.2) is 4.98 Å². The van der Waals surface area contributed by atoms with Crippen LogP contribution in [0.5, 0.6) is 5.75 Å². The number of aromatic nitrogens is 1. The monoisotopic (exact) mass is 428 g/mol. The van der Waals surface area contributed by atoms with Crippen LogP contribution in [-0.4, -0.2) is 27.6 Å². The fourth-order valence-corrected chi connectivity index (χ4v) is 3.07. The van der Waals surface area contributed by atoms with Crippen LogP contribution in [0.2, 0.25) is 0 Å². The molecule has 0 aliphatic carbocycles. The molecule has 0 bridgehead atoms. The predicted octanol–water partition coefficient (Wildman–Crippen LogP) is 5.04. The van der Waals surface area contributed by atoms with E-state index in [1.54, 1.807) is 23.1 Å². The quantitative estimate of drug-likeness (QED) is 0.304. The minimum Gasteiger partial charge on any atom is -0.493 e. The first kappa shape index (κ1) is 19.8. The van der Waals surface area contributed by atoms with Crippen LogP contribution in [0, 0.1) is 5.95 Å². The van der Waals surface area contributed by atoms with Crippen LogP contribution < -0.4 is 4.74 Å². The molecule has 6 nitrogen and oxygen atoms in total. The van der Waals surface area contributed by atoms with Gasteiger partial charge in [0.1, 0.15) is 11.5 Å². The van der Waals surface area contributed by atoms with E-state index in [1.807, 2.05) is 24.3 Å². The summed E-state index contributed by atoms with van der Waals surface area (Å²) in [7, 11) is 0. The molecule has 2 heterocycles. The van der Waals surface area contributed by atoms with Crippen molar-refractivity contribution in [3.05, 3.63) is 83.8 Å². The number of nitrogens with zero attached hydrogens (tertiary/aromatic N) is 2. The number of para-hydroxylation sites is 1. The van der Waals surface area contributed by atoms with Gasteiger partial charge in [-0.1, -0.05) is 24.3 Å². The minimum absolute atomic E-state index is 0.144. The lowest BCUT2D eigenvalue weighted by Gasteiger charge is -2.23. The normalized spacial score (nSPS) is 12.5. The maximum Gasteiger partial charge on any atom is 0.303 e. The molecule has 164 valence electrons. The van der Waals surface area contributed by atoms with Gasteiger partial charge in [0.05, 0.1) is 22.1 Å². The highest BCUT2D eigenvalue weighted by Crippen LogP contribution is 2.23. The molecule has 2 aromatic heterocycles. The van der Waals surface area contributed by atoms with E-state index in [4.69, 9.17) is 17.0 Å². The predicted molar refractivity (Wildman–Crippen MR) is 114 cm³/mol. The Labute approximate surface area is 184 Å². The lowest BCUT2D eigenvalue weighted by atomic mass is 10.1. The van der Waals surface area contributed by atoms with Gasteiger partial charge in [0, 0.05) is 31.3 Å². The van der Waals surface area contributed by atoms with Crippen molar-refractivity contribution in [3.63, 3.8) is 0 Å². The molecular weight excluding hydrogens is 399 g/mol. The number of carbonyl (C=O) groups is 1. The highest BCUT2D eigenvalue weighted by molar-refractivity contribution is 5.66. The fourth-order valence-electron chi connectivity index (χ4n) is 3.07. The molecule has 0 unspecified atom stereocenters. The first-order valence-corrected chi connectivity index (χ1v) is 10.2. The van der Waals surface area contributed by atoms with E-state index in [9.17, 15) is 9.18 Å². The maximum atomic E-state index is 13.3. The number of aliphatic carboxylic acids is 1. The molecule has 0 fully saturated rings. The van der Waals surface area contributed by atoms with Crippen molar-refractivity contribution in [1.29, 1.82) is 0 Å². The number of carboxylic acid groups (broad SMARTS) is 1. The zero-order valence-electron chi connectivity index (χ0n) is 19.2. The van der Waals surface area contributed by atoms with Gasteiger partial charge in [-0.15, -0.1) is 0 Å². The van der Waals surface area contributed by atoms with Crippen molar-refractivity contribution in [2.75, 3.05) is 6.61 Å². The van der Waals surface area contributed by atoms with Gasteiger partial charge < -0.3 is 14.3 Å². The van der Waals surface area contributed by atoms with E-state index >= 15 is 0 Å². The molecule has 0 aliphatic heterocycles. The third-order valence-corrected chi connectivity index (χ3v) is 4.58. The molecular formula is C24H27FN2O4.